The summed E-state index contributed by atoms with van der Waals surface area (Å²) in [4.78, 5) is 16.9. The van der Waals surface area contributed by atoms with E-state index in [9.17, 15) is 4.79 Å². The standard InChI is InChI=1S/C8H12N2OS/c1-3-10(7(2)11)6-8-9-4-5-12-8/h4-5H,3,6H2,1-2H3. The van der Waals surface area contributed by atoms with E-state index < -0.39 is 0 Å². The van der Waals surface area contributed by atoms with Gasteiger partial charge in [-0.1, -0.05) is 0 Å². The number of nitrogens with zero attached hydrogens (tertiary/aromatic N) is 2. The van der Waals surface area contributed by atoms with Gasteiger partial charge in [-0.25, -0.2) is 4.98 Å². The average molecular weight is 184 g/mol. The van der Waals surface area contributed by atoms with Crippen LogP contribution < -0.4 is 0 Å². The third-order valence-corrected chi connectivity index (χ3v) is 2.40. The van der Waals surface area contributed by atoms with Crippen molar-refractivity contribution in [1.29, 1.82) is 0 Å². The van der Waals surface area contributed by atoms with Crippen molar-refractivity contribution in [1.82, 2.24) is 9.88 Å². The predicted octanol–water partition coefficient (Wildman–Crippen LogP) is 1.51. The van der Waals surface area contributed by atoms with Crippen molar-refractivity contribution < 1.29 is 4.79 Å². The first-order valence-corrected chi connectivity index (χ1v) is 4.76. The maximum atomic E-state index is 11.0. The number of hydrogen-bond acceptors (Lipinski definition) is 3. The zero-order valence-electron chi connectivity index (χ0n) is 7.28. The molecule has 0 unspecified atom stereocenters. The summed E-state index contributed by atoms with van der Waals surface area (Å²) >= 11 is 1.58. The summed E-state index contributed by atoms with van der Waals surface area (Å²) in [7, 11) is 0. The van der Waals surface area contributed by atoms with Gasteiger partial charge in [0, 0.05) is 25.0 Å². The molecular formula is C8H12N2OS. The summed E-state index contributed by atoms with van der Waals surface area (Å²) in [6.45, 7) is 4.94. The van der Waals surface area contributed by atoms with E-state index in [1.807, 2.05) is 12.3 Å². The van der Waals surface area contributed by atoms with E-state index in [0.717, 1.165) is 11.6 Å². The molecule has 1 rings (SSSR count). The number of rotatable bonds is 3. The lowest BCUT2D eigenvalue weighted by Gasteiger charge is -2.16. The molecule has 0 aromatic carbocycles. The zero-order chi connectivity index (χ0) is 8.97. The number of hydrogen-bond donors (Lipinski definition) is 0. The van der Waals surface area contributed by atoms with Gasteiger partial charge < -0.3 is 4.90 Å². The first kappa shape index (κ1) is 9.19. The molecule has 0 saturated heterocycles. The monoisotopic (exact) mass is 184 g/mol. The van der Waals surface area contributed by atoms with Crippen LogP contribution in [0.1, 0.15) is 18.9 Å². The highest BCUT2D eigenvalue weighted by atomic mass is 32.1. The van der Waals surface area contributed by atoms with Crippen LogP contribution in [-0.2, 0) is 11.3 Å². The van der Waals surface area contributed by atoms with Crippen LogP contribution in [0, 0.1) is 0 Å². The van der Waals surface area contributed by atoms with Crippen LogP contribution >= 0.6 is 11.3 Å². The number of carbonyl (C=O) groups excluding carboxylic acids is 1. The van der Waals surface area contributed by atoms with Crippen molar-refractivity contribution in [3.05, 3.63) is 16.6 Å². The van der Waals surface area contributed by atoms with Gasteiger partial charge in [0.05, 0.1) is 6.54 Å². The molecule has 66 valence electrons. The summed E-state index contributed by atoms with van der Waals surface area (Å²) in [5, 5.41) is 2.91. The fourth-order valence-corrected chi connectivity index (χ4v) is 1.57. The molecule has 3 nitrogen and oxygen atoms in total. The number of thiazole rings is 1. The Morgan fingerprint density at radius 3 is 2.92 bits per heavy atom. The lowest BCUT2D eigenvalue weighted by atomic mass is 10.5. The van der Waals surface area contributed by atoms with Gasteiger partial charge in [-0.05, 0) is 6.92 Å². The number of carbonyl (C=O) groups is 1. The van der Waals surface area contributed by atoms with Crippen molar-refractivity contribution >= 4 is 17.2 Å². The fraction of sp³-hybridized carbons (Fsp3) is 0.500. The third-order valence-electron chi connectivity index (χ3n) is 1.64. The van der Waals surface area contributed by atoms with Crippen LogP contribution in [-0.4, -0.2) is 22.3 Å². The Balaban J connectivity index is 2.54. The molecular weight excluding hydrogens is 172 g/mol. The first-order chi connectivity index (χ1) is 5.74. The summed E-state index contributed by atoms with van der Waals surface area (Å²) < 4.78 is 0. The van der Waals surface area contributed by atoms with Crippen molar-refractivity contribution in [2.75, 3.05) is 6.54 Å². The third kappa shape index (κ3) is 2.30. The lowest BCUT2D eigenvalue weighted by Crippen LogP contribution is -2.27. The maximum absolute atomic E-state index is 11.0. The second kappa shape index (κ2) is 4.21. The molecule has 0 bridgehead atoms. The van der Waals surface area contributed by atoms with Crippen LogP contribution in [0.5, 0.6) is 0 Å². The second-order valence-corrected chi connectivity index (χ2v) is 3.44. The first-order valence-electron chi connectivity index (χ1n) is 3.88. The Bertz CT molecular complexity index is 246. The predicted molar refractivity (Wildman–Crippen MR) is 48.9 cm³/mol. The smallest absolute Gasteiger partial charge is 0.219 e. The SMILES string of the molecule is CCN(Cc1nccs1)C(C)=O. The molecule has 1 amide bonds. The van der Waals surface area contributed by atoms with Crippen LogP contribution in [0.25, 0.3) is 0 Å². The molecule has 0 aliphatic heterocycles. The van der Waals surface area contributed by atoms with Gasteiger partial charge in [0.15, 0.2) is 0 Å². The van der Waals surface area contributed by atoms with Gasteiger partial charge in [-0.3, -0.25) is 4.79 Å². The number of amides is 1. The molecule has 0 aliphatic carbocycles. The van der Waals surface area contributed by atoms with Crippen molar-refractivity contribution in [3.8, 4) is 0 Å². The van der Waals surface area contributed by atoms with Crippen LogP contribution in [0.15, 0.2) is 11.6 Å². The van der Waals surface area contributed by atoms with E-state index in [2.05, 4.69) is 4.98 Å². The Morgan fingerprint density at radius 2 is 2.50 bits per heavy atom. The summed E-state index contributed by atoms with van der Waals surface area (Å²) in [6, 6.07) is 0. The van der Waals surface area contributed by atoms with E-state index in [-0.39, 0.29) is 5.91 Å². The molecule has 0 atom stereocenters. The van der Waals surface area contributed by atoms with Crippen molar-refractivity contribution in [2.45, 2.75) is 20.4 Å². The van der Waals surface area contributed by atoms with Gasteiger partial charge in [0.1, 0.15) is 5.01 Å². The maximum Gasteiger partial charge on any atom is 0.219 e. The highest BCUT2D eigenvalue weighted by molar-refractivity contribution is 7.09. The van der Waals surface area contributed by atoms with Crippen molar-refractivity contribution in [3.63, 3.8) is 0 Å². The van der Waals surface area contributed by atoms with E-state index in [4.69, 9.17) is 0 Å². The van der Waals surface area contributed by atoms with Gasteiger partial charge >= 0.3 is 0 Å². The van der Waals surface area contributed by atoms with E-state index in [1.165, 1.54) is 0 Å². The van der Waals surface area contributed by atoms with Gasteiger partial charge in [0.2, 0.25) is 5.91 Å². The molecule has 4 heteroatoms. The molecule has 0 aliphatic rings. The Hall–Kier alpha value is -0.900. The minimum atomic E-state index is 0.104. The molecule has 12 heavy (non-hydrogen) atoms. The molecule has 0 fully saturated rings. The molecule has 1 heterocycles. The Morgan fingerprint density at radius 1 is 1.75 bits per heavy atom. The quantitative estimate of drug-likeness (QED) is 0.713. The topological polar surface area (TPSA) is 33.2 Å². The van der Waals surface area contributed by atoms with Crippen LogP contribution in [0.2, 0.25) is 0 Å². The number of aromatic nitrogens is 1. The highest BCUT2D eigenvalue weighted by Crippen LogP contribution is 2.07. The summed E-state index contributed by atoms with van der Waals surface area (Å²) in [6.07, 6.45) is 1.76. The highest BCUT2D eigenvalue weighted by Gasteiger charge is 2.07. The normalized spacial score (nSPS) is 9.83. The van der Waals surface area contributed by atoms with E-state index in [1.54, 1.807) is 29.4 Å². The summed E-state index contributed by atoms with van der Waals surface area (Å²) in [5.74, 6) is 0.104. The molecule has 0 N–H and O–H groups in total. The van der Waals surface area contributed by atoms with Crippen molar-refractivity contribution in [2.24, 2.45) is 0 Å². The summed E-state index contributed by atoms with van der Waals surface area (Å²) in [5.41, 5.74) is 0. The van der Waals surface area contributed by atoms with E-state index >= 15 is 0 Å². The largest absolute Gasteiger partial charge is 0.336 e. The minimum absolute atomic E-state index is 0.104. The average Bonchev–Trinajstić information content (AvgIpc) is 2.51. The van der Waals surface area contributed by atoms with E-state index in [0.29, 0.717) is 6.54 Å². The van der Waals surface area contributed by atoms with Gasteiger partial charge in [-0.15, -0.1) is 11.3 Å². The lowest BCUT2D eigenvalue weighted by molar-refractivity contribution is -0.129. The Labute approximate surface area is 76.0 Å². The van der Waals surface area contributed by atoms with Gasteiger partial charge in [-0.2, -0.15) is 0 Å². The molecule has 0 saturated carbocycles. The Kier molecular flexibility index (Phi) is 3.22. The fourth-order valence-electron chi connectivity index (χ4n) is 0.940. The van der Waals surface area contributed by atoms with Crippen LogP contribution in [0.3, 0.4) is 0 Å². The second-order valence-electron chi connectivity index (χ2n) is 2.46. The molecule has 0 radical (unpaired) electrons. The van der Waals surface area contributed by atoms with Gasteiger partial charge in [0.25, 0.3) is 0 Å². The zero-order valence-corrected chi connectivity index (χ0v) is 8.10. The van der Waals surface area contributed by atoms with Crippen LogP contribution in [0.4, 0.5) is 0 Å². The molecule has 0 spiro atoms. The molecule has 1 aromatic heterocycles. The molecule has 1 aromatic rings. The minimum Gasteiger partial charge on any atom is -0.336 e.